The second kappa shape index (κ2) is 4.85. The van der Waals surface area contributed by atoms with Gasteiger partial charge in [0.15, 0.2) is 0 Å². The zero-order valence-corrected chi connectivity index (χ0v) is 10.2. The van der Waals surface area contributed by atoms with E-state index in [0.29, 0.717) is 12.0 Å². The molecule has 1 aromatic carbocycles. The molecule has 0 saturated carbocycles. The maximum atomic E-state index is 12.3. The zero-order chi connectivity index (χ0) is 12.4. The Morgan fingerprint density at radius 1 is 1.35 bits per heavy atom. The third-order valence-corrected chi connectivity index (χ3v) is 3.00. The van der Waals surface area contributed by atoms with Crippen LogP contribution in [0.3, 0.4) is 0 Å². The zero-order valence-electron chi connectivity index (χ0n) is 10.2. The molecular weight excluding hydrogens is 216 g/mol. The smallest absolute Gasteiger partial charge is 0.270 e. The molecule has 4 nitrogen and oxygen atoms in total. The number of aliphatic hydroxyl groups is 1. The monoisotopic (exact) mass is 234 g/mol. The van der Waals surface area contributed by atoms with Gasteiger partial charge >= 0.3 is 0 Å². The van der Waals surface area contributed by atoms with Crippen LogP contribution in [0.2, 0.25) is 0 Å². The van der Waals surface area contributed by atoms with Crippen molar-refractivity contribution in [2.45, 2.75) is 32.5 Å². The molecule has 1 fully saturated rings. The Labute approximate surface area is 101 Å². The molecule has 0 aromatic heterocycles. The Morgan fingerprint density at radius 2 is 2.00 bits per heavy atom. The summed E-state index contributed by atoms with van der Waals surface area (Å²) in [5.74, 6) is -0.135. The molecule has 1 N–H and O–H groups in total. The fourth-order valence-electron chi connectivity index (χ4n) is 2.12. The van der Waals surface area contributed by atoms with E-state index < -0.39 is 6.23 Å². The summed E-state index contributed by atoms with van der Waals surface area (Å²) in [7, 11) is 0. The predicted octanol–water partition coefficient (Wildman–Crippen LogP) is 1.48. The summed E-state index contributed by atoms with van der Waals surface area (Å²) in [6, 6.07) is 9.28. The van der Waals surface area contributed by atoms with Crippen molar-refractivity contribution in [1.82, 2.24) is 10.0 Å². The van der Waals surface area contributed by atoms with Crippen molar-refractivity contribution in [3.8, 4) is 0 Å². The standard InChI is InChI=1S/C13H18N2O2/c1-10(2)14-9-8-12(16)15(14)13(17)11-6-4-3-5-7-11/h3-7,10,12,16H,8-9H2,1-2H3. The first kappa shape index (κ1) is 12.1. The minimum absolute atomic E-state index is 0.135. The molecule has 1 saturated heterocycles. The highest BCUT2D eigenvalue weighted by Crippen LogP contribution is 2.21. The van der Waals surface area contributed by atoms with E-state index in [1.54, 1.807) is 12.1 Å². The first-order valence-corrected chi connectivity index (χ1v) is 5.94. The molecule has 1 aliphatic heterocycles. The van der Waals surface area contributed by atoms with E-state index in [0.717, 1.165) is 6.54 Å². The Bertz CT molecular complexity index is 392. The SMILES string of the molecule is CC(C)N1CCC(O)N1C(=O)c1ccccc1. The van der Waals surface area contributed by atoms with E-state index in [-0.39, 0.29) is 11.9 Å². The summed E-state index contributed by atoms with van der Waals surface area (Å²) in [5.41, 5.74) is 0.610. The third-order valence-electron chi connectivity index (χ3n) is 3.00. The van der Waals surface area contributed by atoms with Crippen LogP contribution < -0.4 is 0 Å². The topological polar surface area (TPSA) is 43.8 Å². The predicted molar refractivity (Wildman–Crippen MR) is 65.1 cm³/mol. The van der Waals surface area contributed by atoms with Crippen molar-refractivity contribution >= 4 is 5.91 Å². The minimum Gasteiger partial charge on any atom is -0.372 e. The van der Waals surface area contributed by atoms with Crippen molar-refractivity contribution in [2.75, 3.05) is 6.54 Å². The summed E-state index contributed by atoms with van der Waals surface area (Å²) in [4.78, 5) is 12.3. The van der Waals surface area contributed by atoms with Crippen molar-refractivity contribution in [1.29, 1.82) is 0 Å². The molecule has 1 aromatic rings. The van der Waals surface area contributed by atoms with E-state index >= 15 is 0 Å². The van der Waals surface area contributed by atoms with Crippen molar-refractivity contribution < 1.29 is 9.90 Å². The number of hydrogen-bond donors (Lipinski definition) is 1. The van der Waals surface area contributed by atoms with Gasteiger partial charge in [0, 0.05) is 24.6 Å². The maximum Gasteiger partial charge on any atom is 0.270 e. The molecule has 0 spiro atoms. The van der Waals surface area contributed by atoms with Crippen LogP contribution in [0, 0.1) is 0 Å². The number of rotatable bonds is 2. The van der Waals surface area contributed by atoms with Gasteiger partial charge in [0.25, 0.3) is 5.91 Å². The summed E-state index contributed by atoms with van der Waals surface area (Å²) in [5, 5.41) is 13.3. The fraction of sp³-hybridized carbons (Fsp3) is 0.462. The van der Waals surface area contributed by atoms with Gasteiger partial charge in [-0.15, -0.1) is 0 Å². The molecule has 4 heteroatoms. The van der Waals surface area contributed by atoms with E-state index in [9.17, 15) is 9.90 Å². The van der Waals surface area contributed by atoms with Crippen LogP contribution in [0.5, 0.6) is 0 Å². The quantitative estimate of drug-likeness (QED) is 0.843. The van der Waals surface area contributed by atoms with Crippen LogP contribution in [0.15, 0.2) is 30.3 Å². The normalized spacial score (nSPS) is 21.2. The first-order chi connectivity index (χ1) is 8.11. The number of hydrazine groups is 1. The number of carbonyl (C=O) groups is 1. The summed E-state index contributed by atoms with van der Waals surface area (Å²) >= 11 is 0. The lowest BCUT2D eigenvalue weighted by atomic mass is 10.2. The van der Waals surface area contributed by atoms with Crippen LogP contribution in [0.25, 0.3) is 0 Å². The van der Waals surface area contributed by atoms with Crippen LogP contribution in [-0.2, 0) is 0 Å². The number of aliphatic hydroxyl groups excluding tert-OH is 1. The number of nitrogens with zero attached hydrogens (tertiary/aromatic N) is 2. The lowest BCUT2D eigenvalue weighted by molar-refractivity contribution is -0.0692. The molecule has 17 heavy (non-hydrogen) atoms. The average Bonchev–Trinajstić information content (AvgIpc) is 2.71. The van der Waals surface area contributed by atoms with Crippen LogP contribution in [-0.4, -0.2) is 39.8 Å². The molecule has 1 unspecified atom stereocenters. The Morgan fingerprint density at radius 3 is 2.59 bits per heavy atom. The van der Waals surface area contributed by atoms with Crippen LogP contribution in [0.4, 0.5) is 0 Å². The van der Waals surface area contributed by atoms with Gasteiger partial charge in [-0.2, -0.15) is 0 Å². The number of benzene rings is 1. The molecule has 1 heterocycles. The third kappa shape index (κ3) is 2.33. The second-order valence-electron chi connectivity index (χ2n) is 4.54. The minimum atomic E-state index is -0.704. The Hall–Kier alpha value is -1.39. The first-order valence-electron chi connectivity index (χ1n) is 5.94. The van der Waals surface area contributed by atoms with E-state index in [2.05, 4.69) is 0 Å². The second-order valence-corrected chi connectivity index (χ2v) is 4.54. The molecule has 0 bridgehead atoms. The van der Waals surface area contributed by atoms with E-state index in [1.807, 2.05) is 37.1 Å². The van der Waals surface area contributed by atoms with Gasteiger partial charge in [-0.25, -0.2) is 10.0 Å². The van der Waals surface area contributed by atoms with Crippen molar-refractivity contribution in [2.24, 2.45) is 0 Å². The highest BCUT2D eigenvalue weighted by Gasteiger charge is 2.35. The molecule has 0 aliphatic carbocycles. The molecule has 92 valence electrons. The fourth-order valence-corrected chi connectivity index (χ4v) is 2.12. The summed E-state index contributed by atoms with van der Waals surface area (Å²) in [6.07, 6.45) is -0.0957. The van der Waals surface area contributed by atoms with Crippen LogP contribution >= 0.6 is 0 Å². The van der Waals surface area contributed by atoms with Gasteiger partial charge in [-0.3, -0.25) is 4.79 Å². The van der Waals surface area contributed by atoms with E-state index in [4.69, 9.17) is 0 Å². The highest BCUT2D eigenvalue weighted by atomic mass is 16.3. The largest absolute Gasteiger partial charge is 0.372 e. The van der Waals surface area contributed by atoms with Gasteiger partial charge in [0.2, 0.25) is 0 Å². The lowest BCUT2D eigenvalue weighted by Gasteiger charge is -2.32. The van der Waals surface area contributed by atoms with Gasteiger partial charge in [-0.05, 0) is 26.0 Å². The number of carbonyl (C=O) groups excluding carboxylic acids is 1. The summed E-state index contributed by atoms with van der Waals surface area (Å²) < 4.78 is 0. The molecule has 1 amide bonds. The Balaban J connectivity index is 2.23. The number of hydrogen-bond acceptors (Lipinski definition) is 3. The number of amides is 1. The van der Waals surface area contributed by atoms with Crippen molar-refractivity contribution in [3.63, 3.8) is 0 Å². The lowest BCUT2D eigenvalue weighted by Crippen LogP contribution is -2.48. The van der Waals surface area contributed by atoms with Gasteiger partial charge in [0.05, 0.1) is 0 Å². The molecule has 2 rings (SSSR count). The average molecular weight is 234 g/mol. The van der Waals surface area contributed by atoms with E-state index in [1.165, 1.54) is 5.01 Å². The maximum absolute atomic E-state index is 12.3. The van der Waals surface area contributed by atoms with Gasteiger partial charge < -0.3 is 5.11 Å². The Kier molecular flexibility index (Phi) is 3.45. The highest BCUT2D eigenvalue weighted by molar-refractivity contribution is 5.94. The van der Waals surface area contributed by atoms with Gasteiger partial charge in [0.1, 0.15) is 6.23 Å². The summed E-state index contributed by atoms with van der Waals surface area (Å²) in [6.45, 7) is 4.75. The molecule has 1 atom stereocenters. The van der Waals surface area contributed by atoms with Crippen molar-refractivity contribution in [3.05, 3.63) is 35.9 Å². The molecular formula is C13H18N2O2. The molecule has 0 radical (unpaired) electrons. The molecule has 1 aliphatic rings. The van der Waals surface area contributed by atoms with Gasteiger partial charge in [-0.1, -0.05) is 18.2 Å². The van der Waals surface area contributed by atoms with Crippen LogP contribution in [0.1, 0.15) is 30.6 Å².